The molecule has 7 nitrogen and oxygen atoms in total. The number of nitrogens with zero attached hydrogens (tertiary/aromatic N) is 3. The number of rotatable bonds is 8. The van der Waals surface area contributed by atoms with E-state index in [9.17, 15) is 10.1 Å². The fourth-order valence-corrected chi connectivity index (χ4v) is 5.02. The summed E-state index contributed by atoms with van der Waals surface area (Å²) in [5.41, 5.74) is 3.06. The highest BCUT2D eigenvalue weighted by atomic mass is 35.5. The number of hydrogen-bond acceptors (Lipinski definition) is 8. The lowest BCUT2D eigenvalue weighted by atomic mass is 9.94. The van der Waals surface area contributed by atoms with Crippen LogP contribution in [0.3, 0.4) is 0 Å². The number of esters is 1. The molecule has 0 N–H and O–H groups in total. The van der Waals surface area contributed by atoms with E-state index in [2.05, 4.69) is 11.1 Å². The molecule has 2 aromatic rings. The van der Waals surface area contributed by atoms with Gasteiger partial charge in [0, 0.05) is 11.8 Å². The number of aliphatic imine (C=N–C) groups is 1. The van der Waals surface area contributed by atoms with Crippen LogP contribution in [0.5, 0.6) is 11.5 Å². The summed E-state index contributed by atoms with van der Waals surface area (Å²) in [5.74, 6) is 0.398. The van der Waals surface area contributed by atoms with E-state index in [1.807, 2.05) is 41.6 Å². The molecule has 0 unspecified atom stereocenters. The lowest BCUT2D eigenvalue weighted by Crippen LogP contribution is -2.34. The zero-order valence-corrected chi connectivity index (χ0v) is 21.2. The van der Waals surface area contributed by atoms with Crippen LogP contribution < -0.4 is 9.47 Å². The average Bonchev–Trinajstić information content (AvgIpc) is 3.31. The van der Waals surface area contributed by atoms with E-state index in [1.165, 1.54) is 11.8 Å². The van der Waals surface area contributed by atoms with Gasteiger partial charge >= 0.3 is 5.97 Å². The zero-order valence-electron chi connectivity index (χ0n) is 19.6. The molecule has 180 valence electrons. The summed E-state index contributed by atoms with van der Waals surface area (Å²) >= 11 is 8.20. The third-order valence-electron chi connectivity index (χ3n) is 5.47. The van der Waals surface area contributed by atoms with Crippen LogP contribution in [0, 0.1) is 11.3 Å². The van der Waals surface area contributed by atoms with Crippen molar-refractivity contribution in [3.63, 3.8) is 0 Å². The number of fused-ring (bicyclic) bond motifs is 1. The predicted molar refractivity (Wildman–Crippen MR) is 136 cm³/mol. The number of hydrogen-bond donors (Lipinski definition) is 0. The van der Waals surface area contributed by atoms with Crippen LogP contribution in [0.1, 0.15) is 43.5 Å². The summed E-state index contributed by atoms with van der Waals surface area (Å²) in [7, 11) is 0. The molecule has 0 saturated heterocycles. The van der Waals surface area contributed by atoms with Gasteiger partial charge in [-0.15, -0.1) is 0 Å². The number of allylic oxidation sites excluding steroid dienone is 1. The number of benzene rings is 2. The minimum Gasteiger partial charge on any atom is -0.490 e. The molecule has 2 aliphatic heterocycles. The summed E-state index contributed by atoms with van der Waals surface area (Å²) in [6, 6.07) is 12.5. The van der Waals surface area contributed by atoms with Crippen molar-refractivity contribution >= 4 is 34.5 Å². The van der Waals surface area contributed by atoms with Gasteiger partial charge in [0.2, 0.25) is 0 Å². The van der Waals surface area contributed by atoms with Crippen molar-refractivity contribution in [3.05, 3.63) is 81.0 Å². The van der Waals surface area contributed by atoms with Crippen molar-refractivity contribution in [2.45, 2.75) is 33.4 Å². The molecule has 2 heterocycles. The number of halogens is 1. The first kappa shape index (κ1) is 24.7. The zero-order chi connectivity index (χ0) is 24.9. The molecule has 9 heteroatoms. The van der Waals surface area contributed by atoms with Crippen molar-refractivity contribution in [1.82, 2.24) is 4.90 Å². The molecule has 1 atom stereocenters. The second-order valence-electron chi connectivity index (χ2n) is 7.65. The van der Waals surface area contributed by atoms with E-state index in [0.717, 1.165) is 16.3 Å². The van der Waals surface area contributed by atoms with E-state index in [-0.39, 0.29) is 13.2 Å². The van der Waals surface area contributed by atoms with Crippen LogP contribution in [-0.2, 0) is 16.1 Å². The topological polar surface area (TPSA) is 84.1 Å². The van der Waals surface area contributed by atoms with Gasteiger partial charge in [-0.1, -0.05) is 41.6 Å². The van der Waals surface area contributed by atoms with Crippen LogP contribution in [0.2, 0.25) is 5.02 Å². The molecule has 0 aliphatic carbocycles. The Kier molecular flexibility index (Phi) is 7.69. The molecule has 0 spiro atoms. The number of thioether (sulfide) groups is 1. The van der Waals surface area contributed by atoms with E-state index in [1.54, 1.807) is 32.0 Å². The molecular weight excluding hydrogens is 486 g/mol. The Labute approximate surface area is 213 Å². The van der Waals surface area contributed by atoms with Crippen LogP contribution >= 0.6 is 23.4 Å². The smallest absolute Gasteiger partial charge is 0.338 e. The first-order chi connectivity index (χ1) is 17.0. The molecule has 0 saturated carbocycles. The molecule has 0 bridgehead atoms. The van der Waals surface area contributed by atoms with Gasteiger partial charge in [-0.25, -0.2) is 9.79 Å². The molecule has 0 amide bonds. The van der Waals surface area contributed by atoms with Crippen LogP contribution in [-0.4, -0.2) is 29.3 Å². The summed E-state index contributed by atoms with van der Waals surface area (Å²) in [5, 5.41) is 12.4. The molecule has 0 fully saturated rings. The number of ether oxygens (including phenoxy) is 3. The maximum absolute atomic E-state index is 12.9. The van der Waals surface area contributed by atoms with Crippen LogP contribution in [0.25, 0.3) is 0 Å². The van der Waals surface area contributed by atoms with E-state index in [0.29, 0.717) is 40.0 Å². The summed E-state index contributed by atoms with van der Waals surface area (Å²) in [6.45, 7) is 6.24. The molecule has 2 aromatic carbocycles. The van der Waals surface area contributed by atoms with E-state index in [4.69, 9.17) is 25.8 Å². The third-order valence-corrected chi connectivity index (χ3v) is 6.52. The highest BCUT2D eigenvalue weighted by molar-refractivity contribution is 8.16. The highest BCUT2D eigenvalue weighted by Gasteiger charge is 2.38. The van der Waals surface area contributed by atoms with Crippen molar-refractivity contribution in [1.29, 1.82) is 5.26 Å². The summed E-state index contributed by atoms with van der Waals surface area (Å²) < 4.78 is 17.3. The van der Waals surface area contributed by atoms with Crippen molar-refractivity contribution in [2.24, 2.45) is 4.99 Å². The number of amidine groups is 1. The lowest BCUT2D eigenvalue weighted by Gasteiger charge is -2.33. The molecule has 35 heavy (non-hydrogen) atoms. The van der Waals surface area contributed by atoms with Crippen LogP contribution in [0.15, 0.2) is 64.3 Å². The lowest BCUT2D eigenvalue weighted by molar-refractivity contribution is -0.139. The minimum absolute atomic E-state index is 0.154. The molecule has 0 aromatic heterocycles. The second-order valence-corrected chi connectivity index (χ2v) is 8.93. The standard InChI is InChI=1S/C26H24ClN3O4S/c1-4-32-21-13-19(12-20(27)24(21)34-15-18-9-7-6-8-17(18)14-28)23-22(25(31)33-5-2)16(3)29-26-30(23)10-11-35-26/h6-13,23H,4-5,15H2,1-3H3/t23-/m1/s1. The summed E-state index contributed by atoms with van der Waals surface area (Å²) in [4.78, 5) is 19.5. The SMILES string of the molecule is CCOC(=O)C1=C(C)N=C2SC=CN2[C@@H]1c1cc(Cl)c(OCc2ccccc2C#N)c(OCC)c1. The Morgan fingerprint density at radius 1 is 1.23 bits per heavy atom. The molecule has 2 aliphatic rings. The second kappa shape index (κ2) is 10.9. The van der Waals surface area contributed by atoms with Gasteiger partial charge < -0.3 is 19.1 Å². The minimum atomic E-state index is -0.488. The van der Waals surface area contributed by atoms with Crippen LogP contribution in [0.4, 0.5) is 0 Å². The van der Waals surface area contributed by atoms with Gasteiger partial charge in [0.1, 0.15) is 6.61 Å². The monoisotopic (exact) mass is 509 g/mol. The first-order valence-corrected chi connectivity index (χ1v) is 12.4. The Morgan fingerprint density at radius 3 is 2.77 bits per heavy atom. The van der Waals surface area contributed by atoms with E-state index < -0.39 is 12.0 Å². The van der Waals surface area contributed by atoms with Gasteiger partial charge in [0.15, 0.2) is 16.7 Å². The predicted octanol–water partition coefficient (Wildman–Crippen LogP) is 5.96. The van der Waals surface area contributed by atoms with Crippen molar-refractivity contribution in [3.8, 4) is 17.6 Å². The van der Waals surface area contributed by atoms with Gasteiger partial charge in [-0.2, -0.15) is 5.26 Å². The molecular formula is C26H24ClN3O4S. The third kappa shape index (κ3) is 5.02. The quantitative estimate of drug-likeness (QED) is 0.406. The Hall–Kier alpha value is -3.41. The highest BCUT2D eigenvalue weighted by Crippen LogP contribution is 2.45. The number of carbonyl (C=O) groups is 1. The van der Waals surface area contributed by atoms with Crippen molar-refractivity contribution in [2.75, 3.05) is 13.2 Å². The molecule has 4 rings (SSSR count). The Balaban J connectivity index is 1.74. The van der Waals surface area contributed by atoms with Crippen molar-refractivity contribution < 1.29 is 19.0 Å². The largest absolute Gasteiger partial charge is 0.490 e. The maximum Gasteiger partial charge on any atom is 0.338 e. The normalized spacial score (nSPS) is 16.5. The average molecular weight is 510 g/mol. The summed E-state index contributed by atoms with van der Waals surface area (Å²) in [6.07, 6.45) is 1.89. The Morgan fingerprint density at radius 2 is 2.03 bits per heavy atom. The van der Waals surface area contributed by atoms with Gasteiger partial charge in [0.05, 0.1) is 47.2 Å². The maximum atomic E-state index is 12.9. The first-order valence-electron chi connectivity index (χ1n) is 11.1. The Bertz CT molecular complexity index is 1280. The molecule has 0 radical (unpaired) electrons. The number of nitriles is 1. The fraction of sp³-hybridized carbons (Fsp3) is 0.269. The fourth-order valence-electron chi connectivity index (χ4n) is 3.95. The van der Waals surface area contributed by atoms with Gasteiger partial charge in [0.25, 0.3) is 0 Å². The number of carbonyl (C=O) groups excluding carboxylic acids is 1. The van der Waals surface area contributed by atoms with Gasteiger partial charge in [-0.05, 0) is 49.9 Å². The van der Waals surface area contributed by atoms with E-state index >= 15 is 0 Å². The van der Waals surface area contributed by atoms with Gasteiger partial charge in [-0.3, -0.25) is 0 Å².